The molecular formula is C36H36F2N6O5. The lowest BCUT2D eigenvalue weighted by molar-refractivity contribution is -0.142. The van der Waals surface area contributed by atoms with Crippen LogP contribution in [0.1, 0.15) is 49.3 Å². The summed E-state index contributed by atoms with van der Waals surface area (Å²) in [5, 5.41) is 11.5. The summed E-state index contributed by atoms with van der Waals surface area (Å²) in [5.41, 5.74) is 3.11. The topological polar surface area (TPSA) is 146 Å². The first kappa shape index (κ1) is 33.5. The van der Waals surface area contributed by atoms with E-state index in [0.29, 0.717) is 0 Å². The fourth-order valence-electron chi connectivity index (χ4n) is 6.52. The van der Waals surface area contributed by atoms with Gasteiger partial charge in [0.05, 0.1) is 19.3 Å². The minimum atomic E-state index is -1.86. The molecule has 1 aliphatic carbocycles. The Morgan fingerprint density at radius 2 is 1.76 bits per heavy atom. The molecule has 0 bridgehead atoms. The molecule has 3 heterocycles. The molecule has 11 nitrogen and oxygen atoms in total. The molecule has 1 saturated heterocycles. The van der Waals surface area contributed by atoms with E-state index in [4.69, 9.17) is 15.2 Å². The van der Waals surface area contributed by atoms with Crippen molar-refractivity contribution in [3.05, 3.63) is 101 Å². The predicted octanol–water partition coefficient (Wildman–Crippen LogP) is 4.25. The fourth-order valence-corrected chi connectivity index (χ4v) is 6.52. The number of methoxy groups -OCH3 is 1. The highest BCUT2D eigenvalue weighted by atomic mass is 19.1. The third kappa shape index (κ3) is 7.54. The number of aliphatic hydroxyl groups is 1. The lowest BCUT2D eigenvalue weighted by Crippen LogP contribution is -2.52. The highest BCUT2D eigenvalue weighted by Gasteiger charge is 2.46. The molecule has 2 aromatic carbocycles. The largest absolute Gasteiger partial charge is 0.479 e. The molecular weight excluding hydrogens is 634 g/mol. The van der Waals surface area contributed by atoms with E-state index in [1.54, 1.807) is 4.90 Å². The number of ether oxygens (including phenoxy) is 2. The standard InChI is InChI=1S/C36H36F2N6O5/c1-48-31-29(40-17-18-41-31)12-14-35(38)13-11-27(28(21-35)24-5-3-2-4-6-24)33(45)43-19-15-36(47,16-20-43)22-44-23-42-32(30(39)34(44)46)49-26-9-7-25(37)8-10-26/h2-10,17-18,23,27-28,47H,11,13,15-16,19-22,39H2,1H3/t27-,28+,35+/m1/s1. The zero-order valence-electron chi connectivity index (χ0n) is 26.9. The monoisotopic (exact) mass is 670 g/mol. The van der Waals surface area contributed by atoms with E-state index in [2.05, 4.69) is 26.8 Å². The number of halogens is 2. The van der Waals surface area contributed by atoms with Crippen LogP contribution < -0.4 is 20.8 Å². The van der Waals surface area contributed by atoms with Crippen LogP contribution in [0.5, 0.6) is 17.5 Å². The number of aromatic nitrogens is 4. The summed E-state index contributed by atoms with van der Waals surface area (Å²) in [5.74, 6) is 4.46. The number of rotatable bonds is 7. The molecule has 6 rings (SSSR count). The molecule has 1 saturated carbocycles. The van der Waals surface area contributed by atoms with Crippen molar-refractivity contribution in [2.45, 2.75) is 55.8 Å². The van der Waals surface area contributed by atoms with Gasteiger partial charge in [-0.15, -0.1) is 0 Å². The van der Waals surface area contributed by atoms with Gasteiger partial charge in [-0.05, 0) is 67.4 Å². The lowest BCUT2D eigenvalue weighted by atomic mass is 9.69. The molecule has 2 fully saturated rings. The Labute approximate surface area is 281 Å². The fraction of sp³-hybridized carbons (Fsp3) is 0.361. The molecule has 0 radical (unpaired) electrons. The summed E-state index contributed by atoms with van der Waals surface area (Å²) in [6, 6.07) is 14.6. The molecule has 3 atom stereocenters. The van der Waals surface area contributed by atoms with Gasteiger partial charge in [-0.25, -0.2) is 23.7 Å². The molecule has 254 valence electrons. The van der Waals surface area contributed by atoms with Gasteiger partial charge < -0.3 is 25.2 Å². The molecule has 3 N–H and O–H groups in total. The van der Waals surface area contributed by atoms with Crippen molar-refractivity contribution in [1.82, 2.24) is 24.4 Å². The van der Waals surface area contributed by atoms with Crippen LogP contribution in [0.25, 0.3) is 0 Å². The van der Waals surface area contributed by atoms with Crippen LogP contribution in [0, 0.1) is 23.6 Å². The first-order valence-electron chi connectivity index (χ1n) is 16.0. The number of alkyl halides is 1. The van der Waals surface area contributed by atoms with Crippen molar-refractivity contribution in [3.63, 3.8) is 0 Å². The Kier molecular flexibility index (Phi) is 9.60. The van der Waals surface area contributed by atoms with Gasteiger partial charge in [0.25, 0.3) is 5.56 Å². The molecule has 0 unspecified atom stereocenters. The van der Waals surface area contributed by atoms with Crippen molar-refractivity contribution in [2.24, 2.45) is 5.92 Å². The number of piperidine rings is 1. The predicted molar refractivity (Wildman–Crippen MR) is 176 cm³/mol. The first-order chi connectivity index (χ1) is 23.6. The van der Waals surface area contributed by atoms with Gasteiger partial charge in [0.2, 0.25) is 17.7 Å². The number of nitrogens with two attached hydrogens (primary N) is 1. The van der Waals surface area contributed by atoms with Crippen LogP contribution in [0.3, 0.4) is 0 Å². The van der Waals surface area contributed by atoms with Gasteiger partial charge in [-0.1, -0.05) is 36.3 Å². The maximum Gasteiger partial charge on any atom is 0.280 e. The van der Waals surface area contributed by atoms with Gasteiger partial charge in [-0.2, -0.15) is 0 Å². The number of carbonyl (C=O) groups excluding carboxylic acids is 1. The second kappa shape index (κ2) is 14.0. The molecule has 0 spiro atoms. The highest BCUT2D eigenvalue weighted by molar-refractivity contribution is 5.80. The Bertz CT molecular complexity index is 1920. The van der Waals surface area contributed by atoms with Gasteiger partial charge in [0.1, 0.15) is 17.9 Å². The number of carbonyl (C=O) groups is 1. The van der Waals surface area contributed by atoms with Crippen molar-refractivity contribution >= 4 is 11.6 Å². The van der Waals surface area contributed by atoms with Crippen LogP contribution >= 0.6 is 0 Å². The van der Waals surface area contributed by atoms with E-state index in [0.717, 1.165) is 5.56 Å². The van der Waals surface area contributed by atoms with Crippen molar-refractivity contribution in [3.8, 4) is 29.4 Å². The Morgan fingerprint density at radius 1 is 1.04 bits per heavy atom. The summed E-state index contributed by atoms with van der Waals surface area (Å²) in [7, 11) is 1.45. The SMILES string of the molecule is COc1nccnc1C#C[C@@]1(F)CC[C@@H](C(=O)N2CCC(O)(Cn3cnc(Oc4ccc(F)cc4)c(N)c3=O)CC2)[C@H](c2ccccc2)C1. The zero-order valence-corrected chi connectivity index (χ0v) is 26.9. The van der Waals surface area contributed by atoms with Crippen molar-refractivity contribution in [2.75, 3.05) is 25.9 Å². The van der Waals surface area contributed by atoms with E-state index in [1.165, 1.54) is 54.7 Å². The minimum Gasteiger partial charge on any atom is -0.479 e. The van der Waals surface area contributed by atoms with Gasteiger partial charge in [0.15, 0.2) is 17.1 Å². The molecule has 1 aliphatic heterocycles. The summed E-state index contributed by atoms with van der Waals surface area (Å²) in [6.07, 6.45) is 4.97. The summed E-state index contributed by atoms with van der Waals surface area (Å²) in [6.45, 7) is 0.422. The van der Waals surface area contributed by atoms with Crippen LogP contribution in [-0.2, 0) is 11.3 Å². The molecule has 49 heavy (non-hydrogen) atoms. The normalized spacial score (nSPS) is 21.7. The van der Waals surface area contributed by atoms with Gasteiger partial charge in [-0.3, -0.25) is 14.2 Å². The average molecular weight is 671 g/mol. The van der Waals surface area contributed by atoms with Crippen LogP contribution in [-0.4, -0.2) is 66.9 Å². The van der Waals surface area contributed by atoms with Crippen molar-refractivity contribution < 1.29 is 28.2 Å². The minimum absolute atomic E-state index is 0.0268. The molecule has 2 aliphatic rings. The number of amides is 1. The number of nitrogen functional groups attached to an aromatic ring is 1. The lowest BCUT2D eigenvalue weighted by Gasteiger charge is -2.43. The Hall–Kier alpha value is -5.35. The van der Waals surface area contributed by atoms with Gasteiger partial charge in [0, 0.05) is 37.8 Å². The zero-order chi connectivity index (χ0) is 34.6. The van der Waals surface area contributed by atoms with E-state index < -0.39 is 34.5 Å². The smallest absolute Gasteiger partial charge is 0.280 e. The number of hydrogen-bond acceptors (Lipinski definition) is 9. The maximum absolute atomic E-state index is 16.3. The van der Waals surface area contributed by atoms with Crippen molar-refractivity contribution in [1.29, 1.82) is 0 Å². The third-order valence-electron chi connectivity index (χ3n) is 9.22. The molecule has 13 heteroatoms. The molecule has 1 amide bonds. The van der Waals surface area contributed by atoms with E-state index in [1.807, 2.05) is 30.3 Å². The van der Waals surface area contributed by atoms with Crippen LogP contribution in [0.2, 0.25) is 0 Å². The van der Waals surface area contributed by atoms with E-state index >= 15 is 4.39 Å². The molecule has 4 aromatic rings. The maximum atomic E-state index is 16.3. The number of likely N-dealkylation sites (tertiary alicyclic amines) is 1. The number of nitrogens with zero attached hydrogens (tertiary/aromatic N) is 5. The quantitative estimate of drug-likeness (QED) is 0.276. The first-order valence-corrected chi connectivity index (χ1v) is 16.0. The Balaban J connectivity index is 1.13. The highest BCUT2D eigenvalue weighted by Crippen LogP contribution is 2.45. The second-order valence-electron chi connectivity index (χ2n) is 12.5. The number of anilines is 1. The van der Waals surface area contributed by atoms with Crippen LogP contribution in [0.4, 0.5) is 14.5 Å². The molecule has 2 aromatic heterocycles. The summed E-state index contributed by atoms with van der Waals surface area (Å²) in [4.78, 5) is 41.2. The van der Waals surface area contributed by atoms with E-state index in [-0.39, 0.29) is 86.5 Å². The number of benzene rings is 2. The second-order valence-corrected chi connectivity index (χ2v) is 12.5. The Morgan fingerprint density at radius 3 is 2.47 bits per heavy atom. The third-order valence-corrected chi connectivity index (χ3v) is 9.22. The average Bonchev–Trinajstić information content (AvgIpc) is 3.12. The van der Waals surface area contributed by atoms with E-state index in [9.17, 15) is 19.1 Å². The summed E-state index contributed by atoms with van der Waals surface area (Å²) >= 11 is 0. The van der Waals surface area contributed by atoms with Gasteiger partial charge >= 0.3 is 0 Å². The number of hydrogen-bond donors (Lipinski definition) is 2. The van der Waals surface area contributed by atoms with Crippen LogP contribution in [0.15, 0.2) is 78.1 Å². The summed E-state index contributed by atoms with van der Waals surface area (Å²) < 4.78 is 41.5.